The fraction of sp³-hybridized carbons (Fsp3) is 0.160. The molecule has 172 valence electrons. The molecular weight excluding hydrogens is 452 g/mol. The zero-order valence-corrected chi connectivity index (χ0v) is 19.7. The van der Waals surface area contributed by atoms with Gasteiger partial charge >= 0.3 is 0 Å². The van der Waals surface area contributed by atoms with Crippen LogP contribution in [0.25, 0.3) is 16.6 Å². The Kier molecular flexibility index (Phi) is 6.47. The highest BCUT2D eigenvalue weighted by molar-refractivity contribution is 7.99. The number of aromatic nitrogens is 2. The van der Waals surface area contributed by atoms with E-state index in [2.05, 4.69) is 10.3 Å². The van der Waals surface area contributed by atoms with E-state index in [9.17, 15) is 19.7 Å². The van der Waals surface area contributed by atoms with E-state index < -0.39 is 10.8 Å². The molecule has 4 rings (SSSR count). The number of nitro groups is 1. The molecule has 0 aliphatic rings. The molecule has 0 aliphatic heterocycles. The number of carbonyl (C=O) groups is 1. The fourth-order valence-corrected chi connectivity index (χ4v) is 4.54. The SMILES string of the molecule is Cc1cc(C)cc(-n2c(SCC(=O)Nc3ccc(C)cc3[N+](=O)[O-])nc3ccccc3c2=O)c1. The fourth-order valence-electron chi connectivity index (χ4n) is 3.73. The molecule has 1 heterocycles. The Morgan fingerprint density at radius 1 is 1.03 bits per heavy atom. The predicted molar refractivity (Wildman–Crippen MR) is 134 cm³/mol. The van der Waals surface area contributed by atoms with E-state index in [-0.39, 0.29) is 22.7 Å². The minimum atomic E-state index is -0.529. The normalized spacial score (nSPS) is 10.9. The topological polar surface area (TPSA) is 107 Å². The van der Waals surface area contributed by atoms with Crippen LogP contribution in [-0.2, 0) is 4.79 Å². The Labute approximate surface area is 199 Å². The lowest BCUT2D eigenvalue weighted by Gasteiger charge is -2.14. The third-order valence-corrected chi connectivity index (χ3v) is 6.10. The third-order valence-electron chi connectivity index (χ3n) is 5.17. The summed E-state index contributed by atoms with van der Waals surface area (Å²) < 4.78 is 1.51. The van der Waals surface area contributed by atoms with Crippen molar-refractivity contribution in [3.63, 3.8) is 0 Å². The average molecular weight is 475 g/mol. The number of hydrogen-bond acceptors (Lipinski definition) is 6. The Hall–Kier alpha value is -3.98. The summed E-state index contributed by atoms with van der Waals surface area (Å²) >= 11 is 1.10. The van der Waals surface area contributed by atoms with Crippen molar-refractivity contribution in [1.29, 1.82) is 0 Å². The van der Waals surface area contributed by atoms with Gasteiger partial charge in [0, 0.05) is 6.07 Å². The highest BCUT2D eigenvalue weighted by atomic mass is 32.2. The quantitative estimate of drug-likeness (QED) is 0.183. The summed E-state index contributed by atoms with van der Waals surface area (Å²) in [6, 6.07) is 17.5. The maximum absolute atomic E-state index is 13.4. The summed E-state index contributed by atoms with van der Waals surface area (Å²) in [5.41, 5.74) is 3.63. The number of anilines is 1. The van der Waals surface area contributed by atoms with Gasteiger partial charge in [0.15, 0.2) is 5.16 Å². The average Bonchev–Trinajstić information content (AvgIpc) is 2.78. The van der Waals surface area contributed by atoms with Gasteiger partial charge in [0.25, 0.3) is 11.2 Å². The van der Waals surface area contributed by atoms with Crippen LogP contribution in [0.4, 0.5) is 11.4 Å². The molecular formula is C25H22N4O4S. The van der Waals surface area contributed by atoms with Gasteiger partial charge in [-0.2, -0.15) is 0 Å². The van der Waals surface area contributed by atoms with Crippen LogP contribution in [0.15, 0.2) is 70.6 Å². The molecule has 9 heteroatoms. The van der Waals surface area contributed by atoms with Crippen LogP contribution in [0.1, 0.15) is 16.7 Å². The van der Waals surface area contributed by atoms with Gasteiger partial charge in [-0.1, -0.05) is 36.0 Å². The lowest BCUT2D eigenvalue weighted by atomic mass is 10.1. The number of thioether (sulfide) groups is 1. The lowest BCUT2D eigenvalue weighted by molar-refractivity contribution is -0.384. The van der Waals surface area contributed by atoms with Crippen molar-refractivity contribution in [2.24, 2.45) is 0 Å². The van der Waals surface area contributed by atoms with Crippen LogP contribution >= 0.6 is 11.8 Å². The first-order chi connectivity index (χ1) is 16.2. The first-order valence-electron chi connectivity index (χ1n) is 10.5. The van der Waals surface area contributed by atoms with Crippen LogP contribution in [0.3, 0.4) is 0 Å². The van der Waals surface area contributed by atoms with Gasteiger partial charge < -0.3 is 5.32 Å². The number of rotatable bonds is 6. The Bertz CT molecular complexity index is 1480. The molecule has 1 N–H and O–H groups in total. The van der Waals surface area contributed by atoms with Crippen LogP contribution in [0.2, 0.25) is 0 Å². The Morgan fingerprint density at radius 2 is 1.74 bits per heavy atom. The van der Waals surface area contributed by atoms with Gasteiger partial charge in [0.05, 0.1) is 27.3 Å². The van der Waals surface area contributed by atoms with Gasteiger partial charge in [-0.15, -0.1) is 0 Å². The van der Waals surface area contributed by atoms with Gasteiger partial charge in [-0.3, -0.25) is 24.3 Å². The number of benzene rings is 3. The number of nitrogens with zero attached hydrogens (tertiary/aromatic N) is 3. The zero-order valence-electron chi connectivity index (χ0n) is 18.9. The molecule has 0 saturated carbocycles. The molecule has 8 nitrogen and oxygen atoms in total. The van der Waals surface area contributed by atoms with Crippen LogP contribution < -0.4 is 10.9 Å². The molecule has 0 radical (unpaired) electrons. The van der Waals surface area contributed by atoms with Crippen molar-refractivity contribution < 1.29 is 9.72 Å². The minimum Gasteiger partial charge on any atom is -0.320 e. The summed E-state index contributed by atoms with van der Waals surface area (Å²) in [4.78, 5) is 41.5. The van der Waals surface area contributed by atoms with Crippen molar-refractivity contribution in [2.45, 2.75) is 25.9 Å². The van der Waals surface area contributed by atoms with E-state index in [0.29, 0.717) is 21.7 Å². The summed E-state index contributed by atoms with van der Waals surface area (Å²) in [5.74, 6) is -0.521. The number of carbonyl (C=O) groups excluding carboxylic acids is 1. The molecule has 34 heavy (non-hydrogen) atoms. The van der Waals surface area contributed by atoms with Gasteiger partial charge in [0.1, 0.15) is 5.69 Å². The summed E-state index contributed by atoms with van der Waals surface area (Å²) in [6.07, 6.45) is 0. The second kappa shape index (κ2) is 9.48. The largest absolute Gasteiger partial charge is 0.320 e. The van der Waals surface area contributed by atoms with E-state index in [0.717, 1.165) is 28.5 Å². The molecule has 0 unspecified atom stereocenters. The molecule has 0 atom stereocenters. The van der Waals surface area contributed by atoms with Crippen molar-refractivity contribution in [2.75, 3.05) is 11.1 Å². The van der Waals surface area contributed by atoms with Crippen LogP contribution in [-0.4, -0.2) is 26.1 Å². The standard InChI is InChI=1S/C25H22N4O4S/c1-15-8-9-21(22(13-15)29(32)33)26-23(30)14-34-25-27-20-7-5-4-6-19(20)24(31)28(25)18-11-16(2)10-17(3)12-18/h4-13H,14H2,1-3H3,(H,26,30). The maximum Gasteiger partial charge on any atom is 0.293 e. The Balaban J connectivity index is 1.69. The van der Waals surface area contributed by atoms with Crippen molar-refractivity contribution in [1.82, 2.24) is 9.55 Å². The summed E-state index contributed by atoms with van der Waals surface area (Å²) in [7, 11) is 0. The highest BCUT2D eigenvalue weighted by Crippen LogP contribution is 2.27. The molecule has 0 fully saturated rings. The maximum atomic E-state index is 13.4. The first-order valence-corrected chi connectivity index (χ1v) is 11.5. The molecule has 0 saturated heterocycles. The third kappa shape index (κ3) is 4.84. The Morgan fingerprint density at radius 3 is 2.44 bits per heavy atom. The number of fused-ring (bicyclic) bond motifs is 1. The van der Waals surface area contributed by atoms with Gasteiger partial charge in [-0.25, -0.2) is 4.98 Å². The minimum absolute atomic E-state index is 0.0827. The van der Waals surface area contributed by atoms with E-state index in [4.69, 9.17) is 0 Å². The second-order valence-corrected chi connectivity index (χ2v) is 8.96. The number of aryl methyl sites for hydroxylation is 3. The van der Waals surface area contributed by atoms with Gasteiger partial charge in [0.2, 0.25) is 5.91 Å². The second-order valence-electron chi connectivity index (χ2n) is 8.01. The van der Waals surface area contributed by atoms with Crippen LogP contribution in [0, 0.1) is 30.9 Å². The molecule has 0 aliphatic carbocycles. The monoisotopic (exact) mass is 474 g/mol. The number of nitrogens with one attached hydrogen (secondary N) is 1. The number of para-hydroxylation sites is 1. The lowest BCUT2D eigenvalue weighted by Crippen LogP contribution is -2.23. The van der Waals surface area contributed by atoms with Crippen molar-refractivity contribution in [3.05, 3.63) is 97.8 Å². The van der Waals surface area contributed by atoms with E-state index in [1.165, 1.54) is 16.7 Å². The van der Waals surface area contributed by atoms with E-state index in [1.807, 2.05) is 32.0 Å². The van der Waals surface area contributed by atoms with Crippen molar-refractivity contribution >= 4 is 39.9 Å². The van der Waals surface area contributed by atoms with Crippen LogP contribution in [0.5, 0.6) is 0 Å². The molecule has 1 amide bonds. The molecule has 4 aromatic rings. The highest BCUT2D eigenvalue weighted by Gasteiger charge is 2.18. The van der Waals surface area contributed by atoms with Gasteiger partial charge in [-0.05, 0) is 67.8 Å². The van der Waals surface area contributed by atoms with Crippen molar-refractivity contribution in [3.8, 4) is 5.69 Å². The molecule has 1 aromatic heterocycles. The van der Waals surface area contributed by atoms with E-state index >= 15 is 0 Å². The smallest absolute Gasteiger partial charge is 0.293 e. The number of nitro benzene ring substituents is 1. The molecule has 3 aromatic carbocycles. The number of hydrogen-bond donors (Lipinski definition) is 1. The summed E-state index contributed by atoms with van der Waals surface area (Å²) in [6.45, 7) is 5.64. The molecule has 0 bridgehead atoms. The number of amides is 1. The van der Waals surface area contributed by atoms with E-state index in [1.54, 1.807) is 37.3 Å². The molecule has 0 spiro atoms. The first kappa shape index (κ1) is 23.2. The predicted octanol–water partition coefficient (Wildman–Crippen LogP) is 4.95. The zero-order chi connectivity index (χ0) is 24.4. The summed E-state index contributed by atoms with van der Waals surface area (Å²) in [5, 5.41) is 14.8.